The number of carbonyl (C=O) groups excluding carboxylic acids is 1. The molecule has 1 N–H and O–H groups in total. The molecule has 0 spiro atoms. The van der Waals surface area contributed by atoms with Gasteiger partial charge in [-0.2, -0.15) is 0 Å². The van der Waals surface area contributed by atoms with Crippen molar-refractivity contribution >= 4 is 17.1 Å². The number of nitrogens with zero attached hydrogens (tertiary/aromatic N) is 1. The molecular formula is C23H19NO2. The summed E-state index contributed by atoms with van der Waals surface area (Å²) in [6.45, 7) is 0. The van der Waals surface area contributed by atoms with Gasteiger partial charge in [-0.05, 0) is 22.8 Å². The Hall–Kier alpha value is -3.46. The molecule has 0 aromatic heterocycles. The number of oxime groups is 1. The number of benzene rings is 3. The number of hydrogen-bond donors (Lipinski definition) is 1. The van der Waals surface area contributed by atoms with Gasteiger partial charge in [-0.25, -0.2) is 0 Å². The average Bonchev–Trinajstić information content (AvgIpc) is 2.73. The first kappa shape index (κ1) is 17.4. The van der Waals surface area contributed by atoms with E-state index in [1.54, 1.807) is 18.2 Å². The fraction of sp³-hybridized carbons (Fsp3) is 0.0435. The Labute approximate surface area is 152 Å². The van der Waals surface area contributed by atoms with Crippen LogP contribution in [0, 0.1) is 0 Å². The van der Waals surface area contributed by atoms with Crippen molar-refractivity contribution in [3.63, 3.8) is 0 Å². The summed E-state index contributed by atoms with van der Waals surface area (Å²) in [5, 5.41) is 13.0. The highest BCUT2D eigenvalue weighted by Gasteiger charge is 2.12. The van der Waals surface area contributed by atoms with Gasteiger partial charge in [-0.15, -0.1) is 0 Å². The van der Waals surface area contributed by atoms with Crippen LogP contribution in [0.2, 0.25) is 0 Å². The van der Waals surface area contributed by atoms with Crippen molar-refractivity contribution in [3.8, 4) is 0 Å². The molecule has 3 nitrogen and oxygen atoms in total. The number of ketones is 1. The van der Waals surface area contributed by atoms with E-state index in [2.05, 4.69) is 5.16 Å². The van der Waals surface area contributed by atoms with Crippen molar-refractivity contribution in [2.75, 3.05) is 0 Å². The summed E-state index contributed by atoms with van der Waals surface area (Å²) in [6, 6.07) is 28.3. The molecule has 26 heavy (non-hydrogen) atoms. The van der Waals surface area contributed by atoms with Crippen molar-refractivity contribution in [2.45, 2.75) is 6.42 Å². The van der Waals surface area contributed by atoms with E-state index in [9.17, 15) is 10.0 Å². The fourth-order valence-electron chi connectivity index (χ4n) is 2.74. The minimum absolute atomic E-state index is 0.0743. The fourth-order valence-corrected chi connectivity index (χ4v) is 2.74. The predicted molar refractivity (Wildman–Crippen MR) is 105 cm³/mol. The molecule has 0 unspecified atom stereocenters. The van der Waals surface area contributed by atoms with Crippen LogP contribution in [0.15, 0.2) is 102 Å². The molecule has 0 atom stereocenters. The predicted octanol–water partition coefficient (Wildman–Crippen LogP) is 5.22. The molecule has 0 heterocycles. The number of allylic oxidation sites excluding steroid dienone is 2. The molecule has 128 valence electrons. The molecule has 0 amide bonds. The van der Waals surface area contributed by atoms with Crippen LogP contribution < -0.4 is 0 Å². The van der Waals surface area contributed by atoms with E-state index in [1.807, 2.05) is 78.9 Å². The molecule has 0 aliphatic carbocycles. The molecule has 0 saturated carbocycles. The zero-order chi connectivity index (χ0) is 18.2. The second-order valence-electron chi connectivity index (χ2n) is 5.86. The van der Waals surface area contributed by atoms with Gasteiger partial charge in [0.1, 0.15) is 0 Å². The topological polar surface area (TPSA) is 49.7 Å². The Bertz CT molecular complexity index is 914. The Morgan fingerprint density at radius 2 is 1.19 bits per heavy atom. The first-order valence-electron chi connectivity index (χ1n) is 8.39. The molecule has 3 aromatic rings. The Balaban J connectivity index is 1.97. The zero-order valence-corrected chi connectivity index (χ0v) is 14.2. The molecule has 0 aliphatic heterocycles. The molecular weight excluding hydrogens is 322 g/mol. The number of rotatable bonds is 6. The molecule has 3 heteroatoms. The van der Waals surface area contributed by atoms with Gasteiger partial charge >= 0.3 is 0 Å². The average molecular weight is 341 g/mol. The van der Waals surface area contributed by atoms with E-state index in [1.165, 1.54) is 0 Å². The molecule has 3 rings (SSSR count). The summed E-state index contributed by atoms with van der Waals surface area (Å²) in [6.07, 6.45) is 1.97. The quantitative estimate of drug-likeness (QED) is 0.220. The van der Waals surface area contributed by atoms with E-state index < -0.39 is 0 Å². The molecule has 0 bridgehead atoms. The number of hydrogen-bond acceptors (Lipinski definition) is 3. The first-order valence-corrected chi connectivity index (χ1v) is 8.39. The zero-order valence-electron chi connectivity index (χ0n) is 14.2. The minimum Gasteiger partial charge on any atom is -0.411 e. The van der Waals surface area contributed by atoms with Gasteiger partial charge < -0.3 is 5.21 Å². The second kappa shape index (κ2) is 8.58. The summed E-state index contributed by atoms with van der Waals surface area (Å²) in [5.41, 5.74) is 3.69. The maximum atomic E-state index is 12.7. The van der Waals surface area contributed by atoms with Crippen molar-refractivity contribution in [3.05, 3.63) is 114 Å². The lowest BCUT2D eigenvalue weighted by atomic mass is 9.94. The monoisotopic (exact) mass is 341 g/mol. The summed E-state index contributed by atoms with van der Waals surface area (Å²) < 4.78 is 0. The van der Waals surface area contributed by atoms with Crippen LogP contribution in [0.4, 0.5) is 0 Å². The summed E-state index contributed by atoms with van der Waals surface area (Å²) >= 11 is 0. The summed E-state index contributed by atoms with van der Waals surface area (Å²) in [5.74, 6) is -0.0743. The SMILES string of the molecule is O=C(/C=C(\C/C(=N/O)c1ccccc1)c1ccccc1)c1ccccc1. The van der Waals surface area contributed by atoms with E-state index in [0.29, 0.717) is 17.7 Å². The van der Waals surface area contributed by atoms with Gasteiger partial charge in [-0.1, -0.05) is 96.2 Å². The van der Waals surface area contributed by atoms with Gasteiger partial charge in [-0.3, -0.25) is 4.79 Å². The lowest BCUT2D eigenvalue weighted by Gasteiger charge is -2.10. The Morgan fingerprint density at radius 1 is 0.731 bits per heavy atom. The second-order valence-corrected chi connectivity index (χ2v) is 5.86. The first-order chi connectivity index (χ1) is 12.8. The van der Waals surface area contributed by atoms with Gasteiger partial charge in [0.2, 0.25) is 0 Å². The third-order valence-electron chi connectivity index (χ3n) is 4.09. The third kappa shape index (κ3) is 4.33. The van der Waals surface area contributed by atoms with Crippen LogP contribution in [-0.2, 0) is 0 Å². The van der Waals surface area contributed by atoms with Crippen LogP contribution in [0.5, 0.6) is 0 Å². The Kier molecular flexibility index (Phi) is 5.73. The van der Waals surface area contributed by atoms with Crippen LogP contribution in [0.25, 0.3) is 5.57 Å². The highest BCUT2D eigenvalue weighted by molar-refractivity contribution is 6.12. The maximum absolute atomic E-state index is 12.7. The lowest BCUT2D eigenvalue weighted by Crippen LogP contribution is -2.05. The van der Waals surface area contributed by atoms with Crippen LogP contribution in [-0.4, -0.2) is 16.7 Å². The maximum Gasteiger partial charge on any atom is 0.186 e. The lowest BCUT2D eigenvalue weighted by molar-refractivity contribution is 0.104. The van der Waals surface area contributed by atoms with Gasteiger partial charge in [0, 0.05) is 12.0 Å². The van der Waals surface area contributed by atoms with Crippen molar-refractivity contribution in [2.24, 2.45) is 5.16 Å². The standard InChI is InChI=1S/C23H19NO2/c25-23(20-14-8-3-9-15-20)17-21(18-10-4-1-5-11-18)16-22(24-26)19-12-6-2-7-13-19/h1-15,17,26H,16H2/b21-17+,24-22-. The molecule has 0 radical (unpaired) electrons. The largest absolute Gasteiger partial charge is 0.411 e. The van der Waals surface area contributed by atoms with Crippen LogP contribution in [0.1, 0.15) is 27.9 Å². The van der Waals surface area contributed by atoms with E-state index in [-0.39, 0.29) is 5.78 Å². The van der Waals surface area contributed by atoms with Gasteiger partial charge in [0.05, 0.1) is 5.71 Å². The smallest absolute Gasteiger partial charge is 0.186 e. The van der Waals surface area contributed by atoms with Crippen molar-refractivity contribution in [1.82, 2.24) is 0 Å². The van der Waals surface area contributed by atoms with Gasteiger partial charge in [0.25, 0.3) is 0 Å². The molecule has 0 aliphatic rings. The number of carbonyl (C=O) groups is 1. The molecule has 3 aromatic carbocycles. The highest BCUT2D eigenvalue weighted by Crippen LogP contribution is 2.22. The van der Waals surface area contributed by atoms with Crippen molar-refractivity contribution < 1.29 is 10.0 Å². The van der Waals surface area contributed by atoms with Crippen LogP contribution >= 0.6 is 0 Å². The summed E-state index contributed by atoms with van der Waals surface area (Å²) in [4.78, 5) is 12.7. The van der Waals surface area contributed by atoms with Crippen molar-refractivity contribution in [1.29, 1.82) is 0 Å². The Morgan fingerprint density at radius 3 is 1.69 bits per heavy atom. The molecule has 0 saturated heterocycles. The highest BCUT2D eigenvalue weighted by atomic mass is 16.4. The van der Waals surface area contributed by atoms with E-state index in [4.69, 9.17) is 0 Å². The van der Waals surface area contributed by atoms with E-state index >= 15 is 0 Å². The summed E-state index contributed by atoms with van der Waals surface area (Å²) in [7, 11) is 0. The van der Waals surface area contributed by atoms with Crippen LogP contribution in [0.3, 0.4) is 0 Å². The van der Waals surface area contributed by atoms with E-state index in [0.717, 1.165) is 16.7 Å². The molecule has 0 fully saturated rings. The minimum atomic E-state index is -0.0743. The third-order valence-corrected chi connectivity index (χ3v) is 4.09. The normalized spacial score (nSPS) is 12.0. The van der Waals surface area contributed by atoms with Gasteiger partial charge in [0.15, 0.2) is 5.78 Å².